The molecular formula is C17H19ClN4O. The first kappa shape index (κ1) is 15.7. The molecule has 1 aliphatic heterocycles. The number of piperazine rings is 1. The lowest BCUT2D eigenvalue weighted by atomic mass is 10.1. The third-order valence-electron chi connectivity index (χ3n) is 4.01. The summed E-state index contributed by atoms with van der Waals surface area (Å²) in [6.45, 7) is 4.91. The molecule has 2 heterocycles. The molecule has 0 N–H and O–H groups in total. The minimum Gasteiger partial charge on any atom is -0.352 e. The van der Waals surface area contributed by atoms with E-state index >= 15 is 0 Å². The maximum atomic E-state index is 12.4. The van der Waals surface area contributed by atoms with E-state index in [2.05, 4.69) is 15.1 Å². The zero-order valence-corrected chi connectivity index (χ0v) is 13.8. The van der Waals surface area contributed by atoms with Crippen molar-refractivity contribution in [2.24, 2.45) is 0 Å². The number of anilines is 1. The van der Waals surface area contributed by atoms with Crippen molar-refractivity contribution in [1.82, 2.24) is 15.1 Å². The maximum Gasteiger partial charge on any atom is 0.227 e. The minimum absolute atomic E-state index is 0.155. The van der Waals surface area contributed by atoms with E-state index in [-0.39, 0.29) is 5.91 Å². The summed E-state index contributed by atoms with van der Waals surface area (Å²) < 4.78 is 0. The van der Waals surface area contributed by atoms with E-state index in [0.717, 1.165) is 30.2 Å². The molecular weight excluding hydrogens is 312 g/mol. The summed E-state index contributed by atoms with van der Waals surface area (Å²) in [5.41, 5.74) is 1.90. The van der Waals surface area contributed by atoms with E-state index in [9.17, 15) is 4.79 Å². The lowest BCUT2D eigenvalue weighted by Gasteiger charge is -2.35. The van der Waals surface area contributed by atoms with E-state index in [1.54, 1.807) is 0 Å². The van der Waals surface area contributed by atoms with Crippen molar-refractivity contribution in [3.8, 4) is 0 Å². The van der Waals surface area contributed by atoms with Crippen molar-refractivity contribution in [3.63, 3.8) is 0 Å². The standard InChI is InChI=1S/C17H19ClN4O/c1-13-2-7-16(20-19-13)21-8-10-22(11-9-21)17(23)12-14-3-5-15(18)6-4-14/h2-7H,8-12H2,1H3. The number of halogens is 1. The Morgan fingerprint density at radius 2 is 1.74 bits per heavy atom. The summed E-state index contributed by atoms with van der Waals surface area (Å²) in [5, 5.41) is 8.99. The molecule has 0 bridgehead atoms. The van der Waals surface area contributed by atoms with Gasteiger partial charge in [0.25, 0.3) is 0 Å². The zero-order valence-electron chi connectivity index (χ0n) is 13.1. The van der Waals surface area contributed by atoms with E-state index in [0.29, 0.717) is 24.5 Å². The number of benzene rings is 1. The second-order valence-electron chi connectivity index (χ2n) is 5.70. The molecule has 1 saturated heterocycles. The number of aryl methyl sites for hydroxylation is 1. The third kappa shape index (κ3) is 3.99. The summed E-state index contributed by atoms with van der Waals surface area (Å²) in [7, 11) is 0. The number of hydrogen-bond acceptors (Lipinski definition) is 4. The van der Waals surface area contributed by atoms with Gasteiger partial charge in [-0.15, -0.1) is 5.10 Å². The molecule has 0 atom stereocenters. The van der Waals surface area contributed by atoms with E-state index in [4.69, 9.17) is 11.6 Å². The second-order valence-corrected chi connectivity index (χ2v) is 6.14. The number of hydrogen-bond donors (Lipinski definition) is 0. The average molecular weight is 331 g/mol. The van der Waals surface area contributed by atoms with Gasteiger partial charge >= 0.3 is 0 Å². The van der Waals surface area contributed by atoms with E-state index < -0.39 is 0 Å². The quantitative estimate of drug-likeness (QED) is 0.866. The summed E-state index contributed by atoms with van der Waals surface area (Å²) in [6, 6.07) is 11.4. The monoisotopic (exact) mass is 330 g/mol. The molecule has 6 heteroatoms. The van der Waals surface area contributed by atoms with Gasteiger partial charge < -0.3 is 9.80 Å². The molecule has 2 aromatic rings. The average Bonchev–Trinajstić information content (AvgIpc) is 2.58. The summed E-state index contributed by atoms with van der Waals surface area (Å²) in [6.07, 6.45) is 0.418. The van der Waals surface area contributed by atoms with Crippen LogP contribution in [0.5, 0.6) is 0 Å². The highest BCUT2D eigenvalue weighted by Gasteiger charge is 2.22. The molecule has 5 nitrogen and oxygen atoms in total. The van der Waals surface area contributed by atoms with Crippen LogP contribution in [-0.2, 0) is 11.2 Å². The lowest BCUT2D eigenvalue weighted by molar-refractivity contribution is -0.130. The van der Waals surface area contributed by atoms with Crippen LogP contribution in [0.25, 0.3) is 0 Å². The Labute approximate surface area is 140 Å². The van der Waals surface area contributed by atoms with Gasteiger partial charge in [-0.1, -0.05) is 23.7 Å². The lowest BCUT2D eigenvalue weighted by Crippen LogP contribution is -2.49. The predicted molar refractivity (Wildman–Crippen MR) is 90.7 cm³/mol. The fourth-order valence-corrected chi connectivity index (χ4v) is 2.76. The van der Waals surface area contributed by atoms with Crippen LogP contribution in [0.4, 0.5) is 5.82 Å². The van der Waals surface area contributed by atoms with Gasteiger partial charge in [0.1, 0.15) is 0 Å². The molecule has 23 heavy (non-hydrogen) atoms. The molecule has 0 spiro atoms. The van der Waals surface area contributed by atoms with Crippen molar-refractivity contribution in [2.45, 2.75) is 13.3 Å². The van der Waals surface area contributed by atoms with Gasteiger partial charge in [-0.3, -0.25) is 4.79 Å². The summed E-state index contributed by atoms with van der Waals surface area (Å²) >= 11 is 5.87. The van der Waals surface area contributed by atoms with Crippen LogP contribution in [0.1, 0.15) is 11.3 Å². The number of amides is 1. The van der Waals surface area contributed by atoms with Crippen LogP contribution in [0, 0.1) is 6.92 Å². The van der Waals surface area contributed by atoms with Crippen LogP contribution in [0.15, 0.2) is 36.4 Å². The Hall–Kier alpha value is -2.14. The minimum atomic E-state index is 0.155. The number of rotatable bonds is 3. The van der Waals surface area contributed by atoms with Gasteiger partial charge in [-0.25, -0.2) is 0 Å². The van der Waals surface area contributed by atoms with Crippen molar-refractivity contribution in [1.29, 1.82) is 0 Å². The SMILES string of the molecule is Cc1ccc(N2CCN(C(=O)Cc3ccc(Cl)cc3)CC2)nn1. The van der Waals surface area contributed by atoms with Crippen LogP contribution >= 0.6 is 11.6 Å². The van der Waals surface area contributed by atoms with Gasteiger partial charge in [0.05, 0.1) is 12.1 Å². The first-order valence-electron chi connectivity index (χ1n) is 7.69. The van der Waals surface area contributed by atoms with Crippen LogP contribution < -0.4 is 4.90 Å². The molecule has 1 fully saturated rings. The van der Waals surface area contributed by atoms with Crippen LogP contribution in [-0.4, -0.2) is 47.2 Å². The molecule has 1 aliphatic rings. The molecule has 1 amide bonds. The molecule has 0 radical (unpaired) electrons. The highest BCUT2D eigenvalue weighted by Crippen LogP contribution is 2.14. The van der Waals surface area contributed by atoms with Crippen LogP contribution in [0.3, 0.4) is 0 Å². The molecule has 1 aromatic heterocycles. The Bertz CT molecular complexity index is 664. The highest BCUT2D eigenvalue weighted by atomic mass is 35.5. The molecule has 0 aliphatic carbocycles. The van der Waals surface area contributed by atoms with Crippen molar-refractivity contribution in [3.05, 3.63) is 52.7 Å². The Morgan fingerprint density at radius 1 is 1.04 bits per heavy atom. The van der Waals surface area contributed by atoms with Crippen molar-refractivity contribution >= 4 is 23.3 Å². The third-order valence-corrected chi connectivity index (χ3v) is 4.26. The number of aromatic nitrogens is 2. The Balaban J connectivity index is 1.54. The van der Waals surface area contributed by atoms with Gasteiger partial charge in [0, 0.05) is 31.2 Å². The second kappa shape index (κ2) is 6.96. The van der Waals surface area contributed by atoms with Crippen molar-refractivity contribution in [2.75, 3.05) is 31.1 Å². The van der Waals surface area contributed by atoms with Gasteiger partial charge in [-0.2, -0.15) is 5.10 Å². The number of nitrogens with zero attached hydrogens (tertiary/aromatic N) is 4. The topological polar surface area (TPSA) is 49.3 Å². The maximum absolute atomic E-state index is 12.4. The Morgan fingerprint density at radius 3 is 2.35 bits per heavy atom. The zero-order chi connectivity index (χ0) is 16.2. The van der Waals surface area contributed by atoms with E-state index in [1.165, 1.54) is 0 Å². The van der Waals surface area contributed by atoms with E-state index in [1.807, 2.05) is 48.2 Å². The largest absolute Gasteiger partial charge is 0.352 e. The smallest absolute Gasteiger partial charge is 0.227 e. The van der Waals surface area contributed by atoms with Gasteiger partial charge in [0.15, 0.2) is 5.82 Å². The van der Waals surface area contributed by atoms with Crippen LogP contribution in [0.2, 0.25) is 5.02 Å². The fourth-order valence-electron chi connectivity index (χ4n) is 2.63. The summed E-state index contributed by atoms with van der Waals surface area (Å²) in [5.74, 6) is 1.03. The first-order chi connectivity index (χ1) is 11.1. The fraction of sp³-hybridized carbons (Fsp3) is 0.353. The molecule has 3 rings (SSSR count). The van der Waals surface area contributed by atoms with Gasteiger partial charge in [-0.05, 0) is 36.8 Å². The van der Waals surface area contributed by atoms with Crippen molar-refractivity contribution < 1.29 is 4.79 Å². The number of carbonyl (C=O) groups excluding carboxylic acids is 1. The van der Waals surface area contributed by atoms with Gasteiger partial charge in [0.2, 0.25) is 5.91 Å². The number of carbonyl (C=O) groups is 1. The molecule has 120 valence electrons. The summed E-state index contributed by atoms with van der Waals surface area (Å²) in [4.78, 5) is 16.5. The molecule has 1 aromatic carbocycles. The first-order valence-corrected chi connectivity index (χ1v) is 8.07. The predicted octanol–water partition coefficient (Wildman–Crippen LogP) is 2.33. The highest BCUT2D eigenvalue weighted by molar-refractivity contribution is 6.30. The molecule has 0 unspecified atom stereocenters. The normalized spacial score (nSPS) is 14.9. The Kier molecular flexibility index (Phi) is 4.76. The molecule has 0 saturated carbocycles.